The molecule has 168 valence electrons. The Morgan fingerprint density at radius 2 is 2.06 bits per heavy atom. The zero-order chi connectivity index (χ0) is 22.8. The number of likely N-dealkylation sites (tertiary alicyclic amines) is 1. The lowest BCUT2D eigenvalue weighted by Crippen LogP contribution is -2.47. The van der Waals surface area contributed by atoms with Crippen LogP contribution in [0.15, 0.2) is 40.4 Å². The molecule has 1 aliphatic heterocycles. The van der Waals surface area contributed by atoms with Crippen LogP contribution in [-0.4, -0.2) is 50.7 Å². The van der Waals surface area contributed by atoms with Gasteiger partial charge in [0.2, 0.25) is 11.8 Å². The number of hydrogen-bond acceptors (Lipinski definition) is 7. The van der Waals surface area contributed by atoms with E-state index in [1.54, 1.807) is 31.3 Å². The second-order valence-electron chi connectivity index (χ2n) is 8.17. The summed E-state index contributed by atoms with van der Waals surface area (Å²) >= 11 is 1.60. The van der Waals surface area contributed by atoms with Crippen molar-refractivity contribution < 1.29 is 19.2 Å². The lowest BCUT2D eigenvalue weighted by atomic mass is 10.1. The maximum Gasteiger partial charge on any atom is 0.243 e. The number of thiazole rings is 1. The minimum atomic E-state index is -0.736. The van der Waals surface area contributed by atoms with Crippen molar-refractivity contribution in [2.75, 3.05) is 6.54 Å². The van der Waals surface area contributed by atoms with Gasteiger partial charge in [0.25, 0.3) is 0 Å². The third-order valence-electron chi connectivity index (χ3n) is 5.74. The van der Waals surface area contributed by atoms with Crippen molar-refractivity contribution in [1.29, 1.82) is 0 Å². The van der Waals surface area contributed by atoms with Crippen LogP contribution in [0.3, 0.4) is 0 Å². The van der Waals surface area contributed by atoms with E-state index in [0.717, 1.165) is 21.7 Å². The first kappa shape index (κ1) is 22.2. The molecule has 2 aromatic heterocycles. The van der Waals surface area contributed by atoms with E-state index in [1.165, 1.54) is 4.90 Å². The normalized spacial score (nSPS) is 19.2. The summed E-state index contributed by atoms with van der Waals surface area (Å²) in [5.74, 6) is -0.677. The lowest BCUT2D eigenvalue weighted by molar-refractivity contribution is -0.139. The lowest BCUT2D eigenvalue weighted by Gasteiger charge is -2.25. The molecule has 8 nitrogen and oxygen atoms in total. The maximum absolute atomic E-state index is 13.0. The second-order valence-corrected chi connectivity index (χ2v) is 9.02. The van der Waals surface area contributed by atoms with Crippen LogP contribution in [0.4, 0.5) is 0 Å². The molecular weight excluding hydrogens is 428 g/mol. The van der Waals surface area contributed by atoms with Gasteiger partial charge in [0, 0.05) is 25.6 Å². The number of nitrogens with one attached hydrogen (secondary N) is 1. The summed E-state index contributed by atoms with van der Waals surface area (Å²) in [6.45, 7) is 5.94. The minimum Gasteiger partial charge on any atom is -0.391 e. The van der Waals surface area contributed by atoms with Crippen molar-refractivity contribution in [3.8, 4) is 10.4 Å². The van der Waals surface area contributed by atoms with E-state index >= 15 is 0 Å². The van der Waals surface area contributed by atoms with Crippen LogP contribution in [0, 0.1) is 13.8 Å². The number of β-amino-alcohol motifs (C(OH)–C–C–N with tert-alkyl or cyclic N) is 1. The van der Waals surface area contributed by atoms with Crippen LogP contribution >= 0.6 is 11.3 Å². The van der Waals surface area contributed by atoms with Crippen molar-refractivity contribution >= 4 is 23.2 Å². The first-order valence-electron chi connectivity index (χ1n) is 10.5. The molecule has 1 fully saturated rings. The predicted octanol–water partition coefficient (Wildman–Crippen LogP) is 2.80. The number of aryl methyl sites for hydroxylation is 2. The molecule has 2 amide bonds. The molecule has 1 unspecified atom stereocenters. The van der Waals surface area contributed by atoms with Crippen molar-refractivity contribution in [2.24, 2.45) is 0 Å². The highest BCUT2D eigenvalue weighted by Crippen LogP contribution is 2.28. The van der Waals surface area contributed by atoms with E-state index in [2.05, 4.69) is 15.5 Å². The Balaban J connectivity index is 1.39. The van der Waals surface area contributed by atoms with Crippen molar-refractivity contribution in [1.82, 2.24) is 20.4 Å². The molecular formula is C23H26N4O4S. The molecule has 3 atom stereocenters. The first-order chi connectivity index (χ1) is 15.3. The Hall–Kier alpha value is -3.04. The summed E-state index contributed by atoms with van der Waals surface area (Å²) in [6, 6.07) is 8.95. The summed E-state index contributed by atoms with van der Waals surface area (Å²) in [4.78, 5) is 32.7. The predicted molar refractivity (Wildman–Crippen MR) is 120 cm³/mol. The average Bonchev–Trinajstić information content (AvgIpc) is 3.51. The van der Waals surface area contributed by atoms with E-state index in [1.807, 2.05) is 36.7 Å². The fraction of sp³-hybridized carbons (Fsp3) is 0.391. The number of benzene rings is 1. The molecule has 3 aromatic rings. The Kier molecular flexibility index (Phi) is 6.38. The third kappa shape index (κ3) is 4.58. The van der Waals surface area contributed by atoms with E-state index in [9.17, 15) is 14.7 Å². The number of carbonyl (C=O) groups excluding carboxylic acids is 2. The van der Waals surface area contributed by atoms with Crippen LogP contribution < -0.4 is 5.32 Å². The molecule has 1 saturated heterocycles. The van der Waals surface area contributed by atoms with E-state index in [0.29, 0.717) is 18.0 Å². The number of carbonyl (C=O) groups is 2. The highest BCUT2D eigenvalue weighted by molar-refractivity contribution is 7.13. The van der Waals surface area contributed by atoms with Gasteiger partial charge in [-0.15, -0.1) is 11.3 Å². The van der Waals surface area contributed by atoms with Gasteiger partial charge in [-0.3, -0.25) is 9.59 Å². The molecule has 32 heavy (non-hydrogen) atoms. The molecule has 2 N–H and O–H groups in total. The maximum atomic E-state index is 13.0. The van der Waals surface area contributed by atoms with Gasteiger partial charge >= 0.3 is 0 Å². The monoisotopic (exact) mass is 454 g/mol. The number of nitrogens with zero attached hydrogens (tertiary/aromatic N) is 3. The van der Waals surface area contributed by atoms with Gasteiger partial charge in [-0.2, -0.15) is 0 Å². The quantitative estimate of drug-likeness (QED) is 0.593. The van der Waals surface area contributed by atoms with Crippen LogP contribution in [0.5, 0.6) is 0 Å². The van der Waals surface area contributed by atoms with Crippen LogP contribution in [0.1, 0.15) is 42.0 Å². The molecule has 3 heterocycles. The molecule has 0 saturated carbocycles. The van der Waals surface area contributed by atoms with Crippen molar-refractivity contribution in [2.45, 2.75) is 51.8 Å². The van der Waals surface area contributed by atoms with Gasteiger partial charge in [0.05, 0.1) is 33.8 Å². The zero-order valence-electron chi connectivity index (χ0n) is 18.2. The topological polar surface area (TPSA) is 109 Å². The van der Waals surface area contributed by atoms with Crippen LogP contribution in [-0.2, 0) is 16.1 Å². The molecule has 0 aliphatic carbocycles. The standard InChI is InChI=1S/C23H26N4O4S/c1-13-8-20(31-26-13)14(2)23(30)27-11-18(28)9-19(27)22(29)24-10-16-4-6-17(7-5-16)21-15(3)25-12-32-21/h4-8,12,14,18-19,28H,9-11H2,1-3H3,(H,24,29)/t14?,18-,19+/m1/s1. The molecule has 4 rings (SSSR count). The van der Waals surface area contributed by atoms with Crippen LogP contribution in [0.25, 0.3) is 10.4 Å². The number of hydrogen-bond donors (Lipinski definition) is 2. The fourth-order valence-corrected chi connectivity index (χ4v) is 4.74. The number of aliphatic hydroxyl groups excluding tert-OH is 1. The number of amides is 2. The zero-order valence-corrected chi connectivity index (χ0v) is 19.1. The van der Waals surface area contributed by atoms with E-state index in [4.69, 9.17) is 4.52 Å². The van der Waals surface area contributed by atoms with Gasteiger partial charge in [0.1, 0.15) is 11.8 Å². The van der Waals surface area contributed by atoms with Gasteiger partial charge in [-0.25, -0.2) is 4.98 Å². The van der Waals surface area contributed by atoms with Crippen molar-refractivity contribution in [3.05, 3.63) is 58.6 Å². The third-order valence-corrected chi connectivity index (χ3v) is 6.71. The smallest absolute Gasteiger partial charge is 0.243 e. The largest absolute Gasteiger partial charge is 0.391 e. The second kappa shape index (κ2) is 9.22. The molecule has 9 heteroatoms. The molecule has 0 bridgehead atoms. The van der Waals surface area contributed by atoms with Gasteiger partial charge in [-0.1, -0.05) is 29.4 Å². The van der Waals surface area contributed by atoms with Gasteiger partial charge in [0.15, 0.2) is 0 Å². The first-order valence-corrected chi connectivity index (χ1v) is 11.4. The highest BCUT2D eigenvalue weighted by Gasteiger charge is 2.41. The summed E-state index contributed by atoms with van der Waals surface area (Å²) < 4.78 is 5.21. The van der Waals surface area contributed by atoms with Gasteiger partial charge in [-0.05, 0) is 31.9 Å². The van der Waals surface area contributed by atoms with Gasteiger partial charge < -0.3 is 19.8 Å². The van der Waals surface area contributed by atoms with E-state index < -0.39 is 18.1 Å². The Labute approximate surface area is 190 Å². The fourth-order valence-electron chi connectivity index (χ4n) is 3.92. The van der Waals surface area contributed by atoms with E-state index in [-0.39, 0.29) is 24.8 Å². The summed E-state index contributed by atoms with van der Waals surface area (Å²) in [5.41, 5.74) is 5.55. The molecule has 0 spiro atoms. The Morgan fingerprint density at radius 1 is 1.31 bits per heavy atom. The minimum absolute atomic E-state index is 0.122. The van der Waals surface area contributed by atoms with Crippen LogP contribution in [0.2, 0.25) is 0 Å². The summed E-state index contributed by atoms with van der Waals surface area (Å²) in [5, 5.41) is 16.9. The SMILES string of the molecule is Cc1cc(C(C)C(=O)N2C[C@H](O)C[C@H]2C(=O)NCc2ccc(-c3scnc3C)cc2)on1. The number of aliphatic hydroxyl groups is 1. The highest BCUT2D eigenvalue weighted by atomic mass is 32.1. The van der Waals surface area contributed by atoms with Crippen molar-refractivity contribution in [3.63, 3.8) is 0 Å². The summed E-state index contributed by atoms with van der Waals surface area (Å²) in [6.07, 6.45) is -0.524. The Bertz CT molecular complexity index is 1110. The average molecular weight is 455 g/mol. The molecule has 0 radical (unpaired) electrons. The molecule has 1 aromatic carbocycles. The molecule has 1 aliphatic rings. The number of rotatable bonds is 6. The summed E-state index contributed by atoms with van der Waals surface area (Å²) in [7, 11) is 0. The number of aromatic nitrogens is 2. The Morgan fingerprint density at radius 3 is 2.69 bits per heavy atom.